The molecule has 0 spiro atoms. The molecule has 4 rings (SSSR count). The summed E-state index contributed by atoms with van der Waals surface area (Å²) in [7, 11) is 0. The number of aromatic amines is 1. The Bertz CT molecular complexity index is 1360. The van der Waals surface area contributed by atoms with Gasteiger partial charge in [0.05, 0.1) is 25.2 Å². The van der Waals surface area contributed by atoms with Crippen molar-refractivity contribution < 1.29 is 32.6 Å². The van der Waals surface area contributed by atoms with Crippen LogP contribution in [0.5, 0.6) is 5.75 Å². The number of H-pyrrole nitrogens is 1. The number of nitrogens with one attached hydrogen (secondary N) is 2. The number of alkyl halides is 3. The Hall–Kier alpha value is -3.70. The molecule has 0 atom stereocenters. The molecule has 240 valence electrons. The van der Waals surface area contributed by atoms with Gasteiger partial charge in [0.1, 0.15) is 5.75 Å². The van der Waals surface area contributed by atoms with Crippen LogP contribution < -0.4 is 10.9 Å². The van der Waals surface area contributed by atoms with E-state index in [2.05, 4.69) is 27.3 Å². The Kier molecular flexibility index (Phi) is 14.4. The molecule has 0 bridgehead atoms. The predicted octanol–water partition coefficient (Wildman–Crippen LogP) is 5.31. The molecular formula is C33H42F3N3O5. The lowest BCUT2D eigenvalue weighted by Crippen LogP contribution is -2.44. The molecule has 1 aromatic heterocycles. The zero-order valence-electron chi connectivity index (χ0n) is 24.9. The first-order valence-corrected chi connectivity index (χ1v) is 15.2. The van der Waals surface area contributed by atoms with E-state index in [1.165, 1.54) is 37.3 Å². The van der Waals surface area contributed by atoms with Crippen LogP contribution in [0.25, 0.3) is 10.9 Å². The van der Waals surface area contributed by atoms with Crippen molar-refractivity contribution in [3.63, 3.8) is 0 Å². The molecule has 2 aromatic carbocycles. The summed E-state index contributed by atoms with van der Waals surface area (Å²) in [6.07, 6.45) is 3.38. The molecule has 1 aliphatic rings. The zero-order valence-corrected chi connectivity index (χ0v) is 24.9. The second-order valence-electron chi connectivity index (χ2n) is 10.8. The van der Waals surface area contributed by atoms with Crippen LogP contribution >= 0.6 is 0 Å². The number of carbonyl (C=O) groups is 2. The van der Waals surface area contributed by atoms with Gasteiger partial charge in [-0.2, -0.15) is 13.2 Å². The summed E-state index contributed by atoms with van der Waals surface area (Å²) in [5, 5.41) is 14.5. The number of aldehydes is 1. The minimum absolute atomic E-state index is 0.0796. The van der Waals surface area contributed by atoms with Gasteiger partial charge in [-0.05, 0) is 55.5 Å². The minimum Gasteiger partial charge on any atom is -0.506 e. The normalized spacial score (nSPS) is 14.0. The number of rotatable bonds is 13. The van der Waals surface area contributed by atoms with E-state index in [4.69, 9.17) is 9.53 Å². The van der Waals surface area contributed by atoms with Crippen molar-refractivity contribution in [3.05, 3.63) is 76.1 Å². The molecule has 3 N–H and O–H groups in total. The molecule has 1 saturated carbocycles. The maximum absolute atomic E-state index is 13.2. The monoisotopic (exact) mass is 617 g/mol. The fraction of sp³-hybridized carbons (Fsp3) is 0.485. The largest absolute Gasteiger partial charge is 0.506 e. The van der Waals surface area contributed by atoms with Crippen molar-refractivity contribution in [3.8, 4) is 5.75 Å². The number of halogens is 3. The van der Waals surface area contributed by atoms with Crippen molar-refractivity contribution in [2.75, 3.05) is 32.8 Å². The van der Waals surface area contributed by atoms with E-state index in [1.807, 2.05) is 24.3 Å². The Labute approximate surface area is 255 Å². The molecule has 3 aromatic rings. The molecule has 8 nitrogen and oxygen atoms in total. The van der Waals surface area contributed by atoms with Gasteiger partial charge >= 0.3 is 6.18 Å². The smallest absolute Gasteiger partial charge is 0.446 e. The Morgan fingerprint density at radius 3 is 2.36 bits per heavy atom. The van der Waals surface area contributed by atoms with Gasteiger partial charge in [-0.15, -0.1) is 0 Å². The molecule has 0 radical (unpaired) electrons. The standard InChI is InChI=1S/C31H41N3O4.C2HF3O/c35-28-14-12-25(27-13-15-29(36)33-31(27)28)16-19-32-20-21-34(26-10-6-1-2-7-11-26)30(37)18-23-38-22-17-24-8-4-3-5-9-24;3-2(4,5)1-6/h3-5,8-9,12-15,26,32,35H,1-2,6-7,10-11,16-23H2,(H,33,36);1H. The summed E-state index contributed by atoms with van der Waals surface area (Å²) in [4.78, 5) is 38.4. The summed E-state index contributed by atoms with van der Waals surface area (Å²) in [6, 6.07) is 17.4. The SMILES string of the molecule is O=C(CCOCCc1ccccc1)N(CCNCCc1ccc(O)c2[nH]c(=O)ccc12)C1CCCCCC1.O=CC(F)(F)F. The van der Waals surface area contributed by atoms with Gasteiger partial charge in [0, 0.05) is 30.6 Å². The van der Waals surface area contributed by atoms with Crippen LogP contribution in [-0.2, 0) is 27.2 Å². The van der Waals surface area contributed by atoms with Crippen LogP contribution in [0, 0.1) is 0 Å². The summed E-state index contributed by atoms with van der Waals surface area (Å²) in [6.45, 7) is 3.25. The van der Waals surface area contributed by atoms with Gasteiger partial charge < -0.3 is 25.0 Å². The number of phenolic OH excluding ortho intramolecular Hbond substituents is 1. The van der Waals surface area contributed by atoms with Gasteiger partial charge in [-0.25, -0.2) is 0 Å². The zero-order chi connectivity index (χ0) is 31.8. The average molecular weight is 618 g/mol. The number of ether oxygens (including phenoxy) is 1. The first-order chi connectivity index (χ1) is 21.2. The van der Waals surface area contributed by atoms with E-state index in [0.717, 1.165) is 49.7 Å². The van der Waals surface area contributed by atoms with Gasteiger partial charge in [0.2, 0.25) is 17.8 Å². The molecular weight excluding hydrogens is 575 g/mol. The third-order valence-corrected chi connectivity index (χ3v) is 7.62. The van der Waals surface area contributed by atoms with Crippen molar-refractivity contribution in [2.24, 2.45) is 0 Å². The second-order valence-corrected chi connectivity index (χ2v) is 10.8. The predicted molar refractivity (Wildman–Crippen MR) is 164 cm³/mol. The van der Waals surface area contributed by atoms with Gasteiger partial charge in [0.15, 0.2) is 0 Å². The summed E-state index contributed by atoms with van der Waals surface area (Å²) in [5.74, 6) is 0.267. The number of phenols is 1. The quantitative estimate of drug-likeness (QED) is 0.136. The molecule has 0 saturated heterocycles. The number of hydrogen-bond acceptors (Lipinski definition) is 6. The van der Waals surface area contributed by atoms with Crippen molar-refractivity contribution in [1.82, 2.24) is 15.2 Å². The third kappa shape index (κ3) is 12.1. The van der Waals surface area contributed by atoms with Gasteiger partial charge in [-0.3, -0.25) is 14.4 Å². The van der Waals surface area contributed by atoms with Crippen LogP contribution in [0.3, 0.4) is 0 Å². The van der Waals surface area contributed by atoms with E-state index in [-0.39, 0.29) is 17.2 Å². The topological polar surface area (TPSA) is 112 Å². The fourth-order valence-corrected chi connectivity index (χ4v) is 5.38. The molecule has 0 unspecified atom stereocenters. The number of hydrogen-bond donors (Lipinski definition) is 3. The van der Waals surface area contributed by atoms with Gasteiger partial charge in [0.25, 0.3) is 0 Å². The van der Waals surface area contributed by atoms with Crippen LogP contribution in [-0.4, -0.2) is 72.2 Å². The highest BCUT2D eigenvalue weighted by Crippen LogP contribution is 2.25. The number of fused-ring (bicyclic) bond motifs is 1. The summed E-state index contributed by atoms with van der Waals surface area (Å²) < 4.78 is 37.1. The maximum Gasteiger partial charge on any atom is 0.446 e. The van der Waals surface area contributed by atoms with Crippen LogP contribution in [0.15, 0.2) is 59.4 Å². The van der Waals surface area contributed by atoms with Crippen LogP contribution in [0.2, 0.25) is 0 Å². The lowest BCUT2D eigenvalue weighted by molar-refractivity contribution is -0.156. The number of pyridine rings is 1. The lowest BCUT2D eigenvalue weighted by atomic mass is 10.0. The fourth-order valence-electron chi connectivity index (χ4n) is 5.38. The highest BCUT2D eigenvalue weighted by atomic mass is 19.4. The number of aromatic nitrogens is 1. The van der Waals surface area contributed by atoms with Crippen LogP contribution in [0.1, 0.15) is 56.1 Å². The Morgan fingerprint density at radius 1 is 0.977 bits per heavy atom. The van der Waals surface area contributed by atoms with Crippen molar-refractivity contribution in [2.45, 2.75) is 70.0 Å². The first kappa shape index (κ1) is 34.8. The van der Waals surface area contributed by atoms with Crippen LogP contribution in [0.4, 0.5) is 13.2 Å². The number of amides is 1. The Balaban J connectivity index is 0.000000801. The molecule has 11 heteroatoms. The van der Waals surface area contributed by atoms with E-state index in [9.17, 15) is 27.9 Å². The molecule has 1 heterocycles. The van der Waals surface area contributed by atoms with Crippen molar-refractivity contribution >= 4 is 23.1 Å². The lowest BCUT2D eigenvalue weighted by Gasteiger charge is -2.31. The number of carbonyl (C=O) groups excluding carboxylic acids is 2. The van der Waals surface area contributed by atoms with Crippen molar-refractivity contribution in [1.29, 1.82) is 0 Å². The number of benzene rings is 2. The summed E-state index contributed by atoms with van der Waals surface area (Å²) >= 11 is 0. The van der Waals surface area contributed by atoms with E-state index >= 15 is 0 Å². The first-order valence-electron chi connectivity index (χ1n) is 15.2. The average Bonchev–Trinajstić information content (AvgIpc) is 3.30. The number of nitrogens with zero attached hydrogens (tertiary/aromatic N) is 1. The molecule has 1 aliphatic carbocycles. The number of aromatic hydroxyl groups is 1. The van der Waals surface area contributed by atoms with E-state index < -0.39 is 12.5 Å². The molecule has 1 amide bonds. The highest BCUT2D eigenvalue weighted by Gasteiger charge is 2.25. The maximum atomic E-state index is 13.2. The third-order valence-electron chi connectivity index (χ3n) is 7.62. The van der Waals surface area contributed by atoms with Gasteiger partial charge in [-0.1, -0.05) is 62.1 Å². The molecule has 44 heavy (non-hydrogen) atoms. The highest BCUT2D eigenvalue weighted by molar-refractivity contribution is 5.87. The Morgan fingerprint density at radius 2 is 1.68 bits per heavy atom. The summed E-state index contributed by atoms with van der Waals surface area (Å²) in [5.41, 5.74) is 2.56. The molecule has 0 aliphatic heterocycles. The second kappa shape index (κ2) is 18.2. The van der Waals surface area contributed by atoms with E-state index in [1.54, 1.807) is 12.1 Å². The minimum atomic E-state index is -4.64. The molecule has 1 fully saturated rings. The van der Waals surface area contributed by atoms with E-state index in [0.29, 0.717) is 37.7 Å².